The Bertz CT molecular complexity index is 1060. The highest BCUT2D eigenvalue weighted by Gasteiger charge is 2.15. The number of aromatic nitrogens is 2. The third-order valence-corrected chi connectivity index (χ3v) is 5.12. The van der Waals surface area contributed by atoms with Crippen molar-refractivity contribution in [3.05, 3.63) is 67.0 Å². The number of hydrogen-bond donors (Lipinski definition) is 3. The van der Waals surface area contributed by atoms with E-state index in [-0.39, 0.29) is 16.6 Å². The van der Waals surface area contributed by atoms with Crippen LogP contribution in [0, 0.1) is 0 Å². The highest BCUT2D eigenvalue weighted by atomic mass is 32.2. The summed E-state index contributed by atoms with van der Waals surface area (Å²) in [4.78, 5) is 7.79. The van der Waals surface area contributed by atoms with E-state index in [2.05, 4.69) is 25.3 Å². The van der Waals surface area contributed by atoms with Gasteiger partial charge in [0.05, 0.1) is 12.0 Å². The number of methoxy groups -OCH3 is 1. The number of sulfonamides is 1. The molecule has 0 saturated carbocycles. The van der Waals surface area contributed by atoms with Crippen molar-refractivity contribution in [3.63, 3.8) is 0 Å². The summed E-state index contributed by atoms with van der Waals surface area (Å²) >= 11 is 5.26. The smallest absolute Gasteiger partial charge is 0.263 e. The lowest BCUT2D eigenvalue weighted by Crippen LogP contribution is -2.19. The van der Waals surface area contributed by atoms with E-state index in [9.17, 15) is 8.42 Å². The summed E-state index contributed by atoms with van der Waals surface area (Å²) < 4.78 is 32.4. The largest absolute Gasteiger partial charge is 0.481 e. The minimum atomic E-state index is -3.80. The molecule has 0 aliphatic heterocycles. The van der Waals surface area contributed by atoms with E-state index in [4.69, 9.17) is 17.0 Å². The molecule has 10 heteroatoms. The van der Waals surface area contributed by atoms with Crippen molar-refractivity contribution in [1.29, 1.82) is 0 Å². The highest BCUT2D eigenvalue weighted by molar-refractivity contribution is 7.92. The molecular formula is C18H17N5O3S2. The summed E-state index contributed by atoms with van der Waals surface area (Å²) in [6.45, 7) is 0. The van der Waals surface area contributed by atoms with Crippen LogP contribution in [0.4, 0.5) is 17.2 Å². The molecule has 1 aromatic heterocycles. The lowest BCUT2D eigenvalue weighted by molar-refractivity contribution is 0.397. The molecule has 0 radical (unpaired) electrons. The lowest BCUT2D eigenvalue weighted by Gasteiger charge is -2.11. The van der Waals surface area contributed by atoms with E-state index in [0.717, 1.165) is 5.69 Å². The molecule has 0 saturated heterocycles. The summed E-state index contributed by atoms with van der Waals surface area (Å²) in [7, 11) is -2.37. The zero-order valence-electron chi connectivity index (χ0n) is 14.8. The van der Waals surface area contributed by atoms with E-state index in [1.165, 1.54) is 31.6 Å². The lowest BCUT2D eigenvalue weighted by atomic mass is 10.3. The molecule has 0 unspecified atom stereocenters. The van der Waals surface area contributed by atoms with Crippen molar-refractivity contribution in [3.8, 4) is 5.88 Å². The molecule has 0 atom stereocenters. The number of thiocarbonyl (C=S) groups is 1. The molecule has 3 N–H and O–H groups in total. The van der Waals surface area contributed by atoms with Crippen molar-refractivity contribution in [1.82, 2.24) is 9.97 Å². The van der Waals surface area contributed by atoms with Gasteiger partial charge in [0.25, 0.3) is 10.0 Å². The van der Waals surface area contributed by atoms with Gasteiger partial charge in [-0.05, 0) is 48.6 Å². The van der Waals surface area contributed by atoms with Crippen LogP contribution in [0.5, 0.6) is 5.88 Å². The number of rotatable bonds is 6. The summed E-state index contributed by atoms with van der Waals surface area (Å²) in [5.41, 5.74) is 1.50. The van der Waals surface area contributed by atoms with Gasteiger partial charge in [0.1, 0.15) is 12.1 Å². The van der Waals surface area contributed by atoms with Crippen LogP contribution >= 0.6 is 12.2 Å². The normalized spacial score (nSPS) is 10.8. The van der Waals surface area contributed by atoms with Crippen LogP contribution < -0.4 is 20.1 Å². The van der Waals surface area contributed by atoms with Gasteiger partial charge in [-0.3, -0.25) is 4.72 Å². The Morgan fingerprint density at radius 2 is 1.61 bits per heavy atom. The fraction of sp³-hybridized carbons (Fsp3) is 0.0556. The van der Waals surface area contributed by atoms with Gasteiger partial charge in [-0.2, -0.15) is 0 Å². The van der Waals surface area contributed by atoms with Gasteiger partial charge in [0.2, 0.25) is 5.88 Å². The average Bonchev–Trinajstić information content (AvgIpc) is 2.69. The predicted octanol–water partition coefficient (Wildman–Crippen LogP) is 3.09. The van der Waals surface area contributed by atoms with Gasteiger partial charge in [-0.15, -0.1) is 0 Å². The molecule has 28 heavy (non-hydrogen) atoms. The van der Waals surface area contributed by atoms with Crippen LogP contribution in [0.2, 0.25) is 0 Å². The Morgan fingerprint density at radius 3 is 2.25 bits per heavy atom. The maximum absolute atomic E-state index is 12.5. The molecule has 0 aliphatic carbocycles. The maximum atomic E-state index is 12.5. The van der Waals surface area contributed by atoms with E-state index >= 15 is 0 Å². The van der Waals surface area contributed by atoms with Crippen LogP contribution in [0.25, 0.3) is 0 Å². The van der Waals surface area contributed by atoms with Gasteiger partial charge >= 0.3 is 0 Å². The van der Waals surface area contributed by atoms with Crippen molar-refractivity contribution in [2.75, 3.05) is 22.5 Å². The molecule has 0 amide bonds. The monoisotopic (exact) mass is 415 g/mol. The Kier molecular flexibility index (Phi) is 6.02. The second-order valence-corrected chi connectivity index (χ2v) is 7.61. The first kappa shape index (κ1) is 19.5. The Hall–Kier alpha value is -3.24. The molecule has 0 aliphatic rings. The third kappa shape index (κ3) is 5.15. The van der Waals surface area contributed by atoms with E-state index in [1.54, 1.807) is 12.1 Å². The number of ether oxygens (including phenoxy) is 1. The Balaban J connectivity index is 1.66. The fourth-order valence-corrected chi connectivity index (χ4v) is 3.47. The molecule has 3 rings (SSSR count). The zero-order valence-corrected chi connectivity index (χ0v) is 16.4. The summed E-state index contributed by atoms with van der Waals surface area (Å²) in [5.74, 6) is 0.369. The van der Waals surface area contributed by atoms with Gasteiger partial charge < -0.3 is 15.4 Å². The predicted molar refractivity (Wildman–Crippen MR) is 112 cm³/mol. The van der Waals surface area contributed by atoms with Gasteiger partial charge in [0, 0.05) is 17.4 Å². The zero-order chi connectivity index (χ0) is 20.0. The first-order valence-corrected chi connectivity index (χ1v) is 9.97. The number of hydrogen-bond acceptors (Lipinski definition) is 6. The molecule has 1 heterocycles. The third-order valence-electron chi connectivity index (χ3n) is 3.54. The molecular weight excluding hydrogens is 398 g/mol. The minimum Gasteiger partial charge on any atom is -0.481 e. The summed E-state index contributed by atoms with van der Waals surface area (Å²) in [6, 6.07) is 17.0. The molecule has 8 nitrogen and oxygen atoms in total. The Labute approximate surface area is 168 Å². The number of para-hydroxylation sites is 1. The highest BCUT2D eigenvalue weighted by Crippen LogP contribution is 2.19. The number of anilines is 3. The van der Waals surface area contributed by atoms with Gasteiger partial charge in [0.15, 0.2) is 5.11 Å². The first-order chi connectivity index (χ1) is 13.5. The molecule has 0 bridgehead atoms. The number of benzene rings is 2. The quantitative estimate of drug-likeness (QED) is 0.528. The Morgan fingerprint density at radius 1 is 0.964 bits per heavy atom. The topological polar surface area (TPSA) is 105 Å². The second kappa shape index (κ2) is 8.63. The van der Waals surface area contributed by atoms with Crippen LogP contribution in [0.15, 0.2) is 71.9 Å². The molecule has 0 fully saturated rings. The molecule has 3 aromatic rings. The minimum absolute atomic E-state index is 0.0811. The number of nitrogens with zero attached hydrogens (tertiary/aromatic N) is 2. The first-order valence-electron chi connectivity index (χ1n) is 8.08. The van der Waals surface area contributed by atoms with Crippen molar-refractivity contribution in [2.24, 2.45) is 0 Å². The molecule has 144 valence electrons. The SMILES string of the molecule is COc1cc(NS(=O)(=O)c2ccc(NC(=S)Nc3ccccc3)cc2)ncn1. The number of nitrogens with one attached hydrogen (secondary N) is 3. The fourth-order valence-electron chi connectivity index (χ4n) is 2.24. The molecule has 0 spiro atoms. The average molecular weight is 416 g/mol. The van der Waals surface area contributed by atoms with Crippen LogP contribution in [0.3, 0.4) is 0 Å². The maximum Gasteiger partial charge on any atom is 0.263 e. The second-order valence-electron chi connectivity index (χ2n) is 5.52. The van der Waals surface area contributed by atoms with E-state index in [0.29, 0.717) is 10.8 Å². The van der Waals surface area contributed by atoms with Gasteiger partial charge in [-0.1, -0.05) is 18.2 Å². The van der Waals surface area contributed by atoms with Gasteiger partial charge in [-0.25, -0.2) is 18.4 Å². The van der Waals surface area contributed by atoms with E-state index < -0.39 is 10.0 Å². The van der Waals surface area contributed by atoms with Crippen LogP contribution in [-0.4, -0.2) is 30.6 Å². The summed E-state index contributed by atoms with van der Waals surface area (Å²) in [6.07, 6.45) is 1.21. The van der Waals surface area contributed by atoms with Crippen LogP contribution in [-0.2, 0) is 10.0 Å². The van der Waals surface area contributed by atoms with Crippen molar-refractivity contribution in [2.45, 2.75) is 4.90 Å². The van der Waals surface area contributed by atoms with Crippen molar-refractivity contribution < 1.29 is 13.2 Å². The molecule has 2 aromatic carbocycles. The van der Waals surface area contributed by atoms with E-state index in [1.807, 2.05) is 30.3 Å². The summed E-state index contributed by atoms with van der Waals surface area (Å²) in [5, 5.41) is 6.44. The van der Waals surface area contributed by atoms with Crippen LogP contribution in [0.1, 0.15) is 0 Å². The standard InChI is InChI=1S/C18H17N5O3S2/c1-26-17-11-16(19-12-20-17)23-28(24,25)15-9-7-14(8-10-15)22-18(27)21-13-5-3-2-4-6-13/h2-12H,1H3,(H,19,20,23)(H2,21,22,27). The van der Waals surface area contributed by atoms with Crippen molar-refractivity contribution >= 4 is 44.5 Å².